The van der Waals surface area contributed by atoms with Crippen LogP contribution in [0.1, 0.15) is 16.7 Å². The Bertz CT molecular complexity index is 1130. The highest BCUT2D eigenvalue weighted by molar-refractivity contribution is 5.91. The number of carbonyl (C=O) groups is 1. The van der Waals surface area contributed by atoms with Crippen LogP contribution in [0.2, 0.25) is 0 Å². The Balaban J connectivity index is 1.23. The van der Waals surface area contributed by atoms with Gasteiger partial charge in [0.25, 0.3) is 0 Å². The Kier molecular flexibility index (Phi) is 6.25. The number of nitrogens with one attached hydrogen (secondary N) is 2. The minimum atomic E-state index is -0.0979. The molecule has 1 aromatic heterocycles. The third-order valence-corrected chi connectivity index (χ3v) is 4.92. The number of carbonyl (C=O) groups excluding carboxylic acids is 1. The van der Waals surface area contributed by atoms with Crippen LogP contribution < -0.4 is 10.1 Å². The van der Waals surface area contributed by atoms with E-state index in [4.69, 9.17) is 4.74 Å². The van der Waals surface area contributed by atoms with Crippen molar-refractivity contribution in [2.45, 2.75) is 13.0 Å². The zero-order valence-electron chi connectivity index (χ0n) is 16.7. The van der Waals surface area contributed by atoms with Crippen molar-refractivity contribution < 1.29 is 9.53 Å². The summed E-state index contributed by atoms with van der Waals surface area (Å²) in [6, 6.07) is 26.0. The number of benzene rings is 3. The molecule has 0 unspecified atom stereocenters. The summed E-state index contributed by atoms with van der Waals surface area (Å²) < 4.78 is 5.79. The summed E-state index contributed by atoms with van der Waals surface area (Å²) in [6.07, 6.45) is 6.17. The molecule has 4 heteroatoms. The number of fused-ring (bicyclic) bond motifs is 1. The Labute approximate surface area is 176 Å². The number of aromatic amines is 1. The molecule has 0 aliphatic carbocycles. The van der Waals surface area contributed by atoms with Gasteiger partial charge in [0.15, 0.2) is 0 Å². The van der Waals surface area contributed by atoms with Gasteiger partial charge in [0.2, 0.25) is 5.91 Å². The van der Waals surface area contributed by atoms with Crippen molar-refractivity contribution in [2.24, 2.45) is 0 Å². The normalized spacial score (nSPS) is 11.1. The van der Waals surface area contributed by atoms with Crippen LogP contribution >= 0.6 is 0 Å². The average Bonchev–Trinajstić information content (AvgIpc) is 3.21. The molecule has 30 heavy (non-hydrogen) atoms. The highest BCUT2D eigenvalue weighted by Gasteiger charge is 2.03. The van der Waals surface area contributed by atoms with Crippen molar-refractivity contribution in [3.8, 4) is 5.75 Å². The van der Waals surface area contributed by atoms with Crippen LogP contribution in [0.15, 0.2) is 91.1 Å². The lowest BCUT2D eigenvalue weighted by Gasteiger charge is -2.06. The number of para-hydroxylation sites is 1. The van der Waals surface area contributed by atoms with Crippen LogP contribution in [0.3, 0.4) is 0 Å². The quantitative estimate of drug-likeness (QED) is 0.406. The average molecular weight is 396 g/mol. The van der Waals surface area contributed by atoms with E-state index in [0.29, 0.717) is 13.2 Å². The van der Waals surface area contributed by atoms with E-state index in [1.165, 1.54) is 10.9 Å². The first-order chi connectivity index (χ1) is 14.8. The summed E-state index contributed by atoms with van der Waals surface area (Å²) >= 11 is 0. The van der Waals surface area contributed by atoms with Gasteiger partial charge in [-0.3, -0.25) is 4.79 Å². The topological polar surface area (TPSA) is 54.1 Å². The predicted molar refractivity (Wildman–Crippen MR) is 121 cm³/mol. The second kappa shape index (κ2) is 9.61. The molecule has 2 N–H and O–H groups in total. The molecule has 0 aliphatic heterocycles. The highest BCUT2D eigenvalue weighted by atomic mass is 16.5. The molecule has 0 aliphatic rings. The van der Waals surface area contributed by atoms with Gasteiger partial charge in [0.1, 0.15) is 12.4 Å². The SMILES string of the molecule is O=C(/C=C/c1ccc(OCc2ccccc2)cc1)NCCc1c[nH]c2ccccc12. The fraction of sp³-hybridized carbons (Fsp3) is 0.115. The van der Waals surface area contributed by atoms with Crippen molar-refractivity contribution in [3.63, 3.8) is 0 Å². The van der Waals surface area contributed by atoms with Gasteiger partial charge in [-0.15, -0.1) is 0 Å². The van der Waals surface area contributed by atoms with Crippen molar-refractivity contribution in [3.05, 3.63) is 108 Å². The fourth-order valence-electron chi connectivity index (χ4n) is 3.31. The molecule has 150 valence electrons. The first kappa shape index (κ1) is 19.5. The van der Waals surface area contributed by atoms with Gasteiger partial charge in [0.05, 0.1) is 0 Å². The van der Waals surface area contributed by atoms with E-state index in [9.17, 15) is 4.79 Å². The van der Waals surface area contributed by atoms with Crippen LogP contribution in [0.25, 0.3) is 17.0 Å². The van der Waals surface area contributed by atoms with Crippen molar-refractivity contribution in [1.82, 2.24) is 10.3 Å². The number of hydrogen-bond acceptors (Lipinski definition) is 2. The molecule has 4 rings (SSSR count). The van der Waals surface area contributed by atoms with Crippen molar-refractivity contribution in [1.29, 1.82) is 0 Å². The number of H-pyrrole nitrogens is 1. The Morgan fingerprint density at radius 1 is 0.933 bits per heavy atom. The zero-order chi connectivity index (χ0) is 20.6. The smallest absolute Gasteiger partial charge is 0.244 e. The number of ether oxygens (including phenoxy) is 1. The minimum Gasteiger partial charge on any atom is -0.489 e. The summed E-state index contributed by atoms with van der Waals surface area (Å²) in [5, 5.41) is 4.15. The Morgan fingerprint density at radius 2 is 1.70 bits per heavy atom. The number of hydrogen-bond donors (Lipinski definition) is 2. The minimum absolute atomic E-state index is 0.0979. The van der Waals surface area contributed by atoms with Gasteiger partial charge >= 0.3 is 0 Å². The maximum atomic E-state index is 12.1. The number of aromatic nitrogens is 1. The van der Waals surface area contributed by atoms with E-state index >= 15 is 0 Å². The summed E-state index contributed by atoms with van der Waals surface area (Å²) in [4.78, 5) is 15.4. The molecule has 0 fully saturated rings. The van der Waals surface area contributed by atoms with E-state index < -0.39 is 0 Å². The molecule has 0 spiro atoms. The second-order valence-corrected chi connectivity index (χ2v) is 7.08. The summed E-state index contributed by atoms with van der Waals surface area (Å²) in [5.41, 5.74) is 4.41. The lowest BCUT2D eigenvalue weighted by Crippen LogP contribution is -2.23. The maximum Gasteiger partial charge on any atom is 0.244 e. The largest absolute Gasteiger partial charge is 0.489 e. The Morgan fingerprint density at radius 3 is 2.53 bits per heavy atom. The molecule has 1 heterocycles. The predicted octanol–water partition coefficient (Wildman–Crippen LogP) is 5.12. The number of amides is 1. The van der Waals surface area contributed by atoms with Crippen LogP contribution in [0.5, 0.6) is 5.75 Å². The van der Waals surface area contributed by atoms with Crippen LogP contribution in [-0.2, 0) is 17.8 Å². The molecule has 4 aromatic rings. The molecule has 1 amide bonds. The van der Waals surface area contributed by atoms with Gasteiger partial charge in [-0.25, -0.2) is 0 Å². The molecule has 0 bridgehead atoms. The summed E-state index contributed by atoms with van der Waals surface area (Å²) in [5.74, 6) is 0.707. The molecule has 3 aromatic carbocycles. The van der Waals surface area contributed by atoms with Crippen molar-refractivity contribution >= 4 is 22.9 Å². The summed E-state index contributed by atoms with van der Waals surface area (Å²) in [6.45, 7) is 1.13. The van der Waals surface area contributed by atoms with Crippen LogP contribution in [0, 0.1) is 0 Å². The van der Waals surface area contributed by atoms with E-state index in [-0.39, 0.29) is 5.91 Å². The zero-order valence-corrected chi connectivity index (χ0v) is 16.7. The van der Waals surface area contributed by atoms with Crippen LogP contribution in [-0.4, -0.2) is 17.4 Å². The molecular weight excluding hydrogens is 372 g/mol. The number of rotatable bonds is 8. The standard InChI is InChI=1S/C26H24N2O2/c29-26(27-17-16-22-18-28-25-9-5-4-8-24(22)25)15-12-20-10-13-23(14-11-20)30-19-21-6-2-1-3-7-21/h1-15,18,28H,16-17,19H2,(H,27,29)/b15-12+. The van der Waals surface area contributed by atoms with Gasteiger partial charge in [-0.1, -0.05) is 60.7 Å². The van der Waals surface area contributed by atoms with Gasteiger partial charge in [-0.05, 0) is 47.4 Å². The third-order valence-electron chi connectivity index (χ3n) is 4.92. The molecule has 0 saturated carbocycles. The van der Waals surface area contributed by atoms with Gasteiger partial charge in [0, 0.05) is 29.7 Å². The lowest BCUT2D eigenvalue weighted by atomic mass is 10.1. The molecule has 0 radical (unpaired) electrons. The van der Waals surface area contributed by atoms with E-state index in [0.717, 1.165) is 28.8 Å². The molecule has 0 saturated heterocycles. The van der Waals surface area contributed by atoms with E-state index in [1.54, 1.807) is 6.08 Å². The Hall–Kier alpha value is -3.79. The maximum absolute atomic E-state index is 12.1. The second-order valence-electron chi connectivity index (χ2n) is 7.08. The fourth-order valence-corrected chi connectivity index (χ4v) is 3.31. The first-order valence-electron chi connectivity index (χ1n) is 10.1. The van der Waals surface area contributed by atoms with Gasteiger partial charge < -0.3 is 15.0 Å². The third kappa shape index (κ3) is 5.17. The van der Waals surface area contributed by atoms with Crippen LogP contribution in [0.4, 0.5) is 0 Å². The summed E-state index contributed by atoms with van der Waals surface area (Å²) in [7, 11) is 0. The van der Waals surface area contributed by atoms with E-state index in [1.807, 2.05) is 79.0 Å². The monoisotopic (exact) mass is 396 g/mol. The van der Waals surface area contributed by atoms with Crippen molar-refractivity contribution in [2.75, 3.05) is 6.54 Å². The van der Waals surface area contributed by atoms with Gasteiger partial charge in [-0.2, -0.15) is 0 Å². The lowest BCUT2D eigenvalue weighted by molar-refractivity contribution is -0.116. The molecular formula is C26H24N2O2. The molecule has 4 nitrogen and oxygen atoms in total. The molecule has 0 atom stereocenters. The highest BCUT2D eigenvalue weighted by Crippen LogP contribution is 2.18. The first-order valence-corrected chi connectivity index (χ1v) is 10.1. The van der Waals surface area contributed by atoms with E-state index in [2.05, 4.69) is 22.4 Å².